The summed E-state index contributed by atoms with van der Waals surface area (Å²) in [6, 6.07) is 0. The number of hydrogen-bond donors (Lipinski definition) is 0. The van der Waals surface area contributed by atoms with Gasteiger partial charge in [-0.15, -0.1) is 0 Å². The van der Waals surface area contributed by atoms with E-state index >= 15 is 0 Å². The molecule has 1 rings (SSSR count). The molecule has 0 aromatic heterocycles. The first-order valence-corrected chi connectivity index (χ1v) is 4.76. The summed E-state index contributed by atoms with van der Waals surface area (Å²) < 4.78 is 2.53. The van der Waals surface area contributed by atoms with Gasteiger partial charge in [0.25, 0.3) is 0 Å². The van der Waals surface area contributed by atoms with E-state index in [4.69, 9.17) is 0 Å². The van der Waals surface area contributed by atoms with Crippen LogP contribution < -0.4 is 0 Å². The zero-order valence-electron chi connectivity index (χ0n) is 5.43. The summed E-state index contributed by atoms with van der Waals surface area (Å²) in [5.74, 6) is 0.999. The van der Waals surface area contributed by atoms with Crippen LogP contribution in [0.5, 0.6) is 0 Å². The van der Waals surface area contributed by atoms with Crippen molar-refractivity contribution in [2.24, 2.45) is 5.92 Å². The van der Waals surface area contributed by atoms with Gasteiger partial charge in [-0.25, -0.2) is 0 Å². The van der Waals surface area contributed by atoms with Crippen molar-refractivity contribution in [2.75, 3.05) is 13.1 Å². The Morgan fingerprint density at radius 2 is 1.88 bits per heavy atom. The molecule has 0 unspecified atom stereocenters. The van der Waals surface area contributed by atoms with E-state index in [2.05, 4.69) is 10.0 Å². The predicted octanol–water partition coefficient (Wildman–Crippen LogP) is 0.534. The van der Waals surface area contributed by atoms with E-state index in [0.717, 1.165) is 5.92 Å². The van der Waals surface area contributed by atoms with E-state index in [1.807, 2.05) is 0 Å². The third-order valence-electron chi connectivity index (χ3n) is 1.82. The summed E-state index contributed by atoms with van der Waals surface area (Å²) in [7, 11) is 0. The van der Waals surface area contributed by atoms with E-state index in [0.29, 0.717) is 0 Å². The van der Waals surface area contributed by atoms with E-state index in [1.54, 1.807) is 0 Å². The molecule has 0 bridgehead atoms. The fourth-order valence-corrected chi connectivity index (χ4v) is 1.88. The maximum absolute atomic E-state index is 2.53. The first-order valence-electron chi connectivity index (χ1n) is 3.28. The molecule has 2 radical (unpaired) electrons. The number of piperidine rings is 1. The van der Waals surface area contributed by atoms with E-state index in [1.165, 1.54) is 48.7 Å². The van der Waals surface area contributed by atoms with Gasteiger partial charge >= 0.3 is 64.7 Å². The standard InChI is InChI=1S/C6H12N.Sn.H/c1-6-2-4-7-5-3-6;;/h6H,2-5H2,1H3;;/q-1;+1;. The minimum absolute atomic E-state index is 0.999. The zero-order valence-corrected chi connectivity index (χ0v) is 8.73. The van der Waals surface area contributed by atoms with Gasteiger partial charge in [-0.05, 0) is 0 Å². The van der Waals surface area contributed by atoms with Gasteiger partial charge in [0.2, 0.25) is 0 Å². The van der Waals surface area contributed by atoms with Gasteiger partial charge in [-0.1, -0.05) is 0 Å². The normalized spacial score (nSPS) is 26.2. The quantitative estimate of drug-likeness (QED) is 0.536. The summed E-state index contributed by atoms with van der Waals surface area (Å²) in [5, 5.41) is 0. The van der Waals surface area contributed by atoms with Gasteiger partial charge < -0.3 is 0 Å². The summed E-state index contributed by atoms with van der Waals surface area (Å²) in [6.45, 7) is 5.08. The zero-order chi connectivity index (χ0) is 5.98. The molecule has 8 heavy (non-hydrogen) atoms. The molecular formula is C6H13NSn. The molecule has 0 N–H and O–H groups in total. The Labute approximate surface area is 64.9 Å². The maximum atomic E-state index is 2.53. The molecule has 0 spiro atoms. The van der Waals surface area contributed by atoms with Crippen molar-refractivity contribution in [3.8, 4) is 0 Å². The number of hydrogen-bond acceptors (Lipinski definition) is 1. The first-order chi connectivity index (χ1) is 3.79. The molecule has 1 saturated heterocycles. The number of nitrogens with zero attached hydrogens (tertiary/aromatic N) is 1. The number of rotatable bonds is 0. The van der Waals surface area contributed by atoms with Crippen molar-refractivity contribution < 1.29 is 0 Å². The van der Waals surface area contributed by atoms with Crippen molar-refractivity contribution in [1.82, 2.24) is 3.12 Å². The van der Waals surface area contributed by atoms with Gasteiger partial charge in [0.05, 0.1) is 0 Å². The fourth-order valence-electron chi connectivity index (χ4n) is 1.03. The second-order valence-electron chi connectivity index (χ2n) is 2.72. The van der Waals surface area contributed by atoms with Crippen molar-refractivity contribution in [3.63, 3.8) is 0 Å². The van der Waals surface area contributed by atoms with Crippen molar-refractivity contribution in [1.29, 1.82) is 0 Å². The third kappa shape index (κ3) is 1.94. The van der Waals surface area contributed by atoms with Crippen LogP contribution in [0, 0.1) is 5.92 Å². The van der Waals surface area contributed by atoms with Gasteiger partial charge in [0.15, 0.2) is 0 Å². The van der Waals surface area contributed by atoms with E-state index < -0.39 is 0 Å². The van der Waals surface area contributed by atoms with E-state index in [9.17, 15) is 0 Å². The molecule has 46 valence electrons. The molecule has 0 saturated carbocycles. The molecule has 2 heteroatoms. The molecule has 1 fully saturated rings. The SMILES string of the molecule is CC1CC[N]([SnH])CC1. The van der Waals surface area contributed by atoms with Crippen molar-refractivity contribution in [3.05, 3.63) is 0 Å². The Morgan fingerprint density at radius 1 is 1.38 bits per heavy atom. The monoisotopic (exact) mass is 219 g/mol. The van der Waals surface area contributed by atoms with E-state index in [-0.39, 0.29) is 0 Å². The van der Waals surface area contributed by atoms with Crippen LogP contribution in [0.4, 0.5) is 0 Å². The third-order valence-corrected chi connectivity index (χ3v) is 3.29. The summed E-state index contributed by atoms with van der Waals surface area (Å²) in [5.41, 5.74) is 0. The minimum atomic E-state index is 0.999. The molecule has 1 aliphatic rings. The van der Waals surface area contributed by atoms with Crippen LogP contribution in [-0.4, -0.2) is 39.0 Å². The van der Waals surface area contributed by atoms with Crippen LogP contribution >= 0.6 is 0 Å². The molecule has 0 aromatic rings. The first kappa shape index (κ1) is 6.87. The second-order valence-corrected chi connectivity index (χ2v) is 4.80. The van der Waals surface area contributed by atoms with Crippen LogP contribution in [0.1, 0.15) is 19.8 Å². The predicted molar refractivity (Wildman–Crippen MR) is 37.1 cm³/mol. The molecular weight excluding hydrogens is 205 g/mol. The van der Waals surface area contributed by atoms with Crippen LogP contribution in [0.25, 0.3) is 0 Å². The summed E-state index contributed by atoms with van der Waals surface area (Å²) in [4.78, 5) is 0. The topological polar surface area (TPSA) is 3.24 Å². The molecule has 0 atom stereocenters. The van der Waals surface area contributed by atoms with Crippen LogP contribution in [0.3, 0.4) is 0 Å². The molecule has 0 amide bonds. The van der Waals surface area contributed by atoms with Crippen LogP contribution in [0.15, 0.2) is 0 Å². The Bertz CT molecular complexity index is 56.9. The summed E-state index contributed by atoms with van der Waals surface area (Å²) >= 11 is 1.33. The van der Waals surface area contributed by atoms with Crippen LogP contribution in [0.2, 0.25) is 0 Å². The van der Waals surface area contributed by atoms with Crippen molar-refractivity contribution in [2.45, 2.75) is 19.8 Å². The average Bonchev–Trinajstić information content (AvgIpc) is 1.77. The van der Waals surface area contributed by atoms with Gasteiger partial charge in [0, 0.05) is 0 Å². The molecule has 1 heterocycles. The van der Waals surface area contributed by atoms with Gasteiger partial charge in [-0.2, -0.15) is 0 Å². The second kappa shape index (κ2) is 3.06. The van der Waals surface area contributed by atoms with Crippen molar-refractivity contribution >= 4 is 22.8 Å². The molecule has 0 aliphatic carbocycles. The Morgan fingerprint density at radius 3 is 2.25 bits per heavy atom. The molecule has 0 aromatic carbocycles. The fraction of sp³-hybridized carbons (Fsp3) is 1.00. The molecule has 1 aliphatic heterocycles. The van der Waals surface area contributed by atoms with Crippen LogP contribution in [-0.2, 0) is 0 Å². The molecule has 1 nitrogen and oxygen atoms in total. The average molecular weight is 218 g/mol. The Balaban J connectivity index is 2.19. The Hall–Kier alpha value is 0.759. The Kier molecular flexibility index (Phi) is 2.63. The van der Waals surface area contributed by atoms with Gasteiger partial charge in [0.1, 0.15) is 0 Å². The summed E-state index contributed by atoms with van der Waals surface area (Å²) in [6.07, 6.45) is 2.86. The van der Waals surface area contributed by atoms with Gasteiger partial charge in [-0.3, -0.25) is 0 Å².